The summed E-state index contributed by atoms with van der Waals surface area (Å²) in [6.45, 7) is 2.99. The highest BCUT2D eigenvalue weighted by Gasteiger charge is 2.27. The number of ether oxygens (including phenoxy) is 1. The van der Waals surface area contributed by atoms with Crippen molar-refractivity contribution in [1.29, 1.82) is 0 Å². The van der Waals surface area contributed by atoms with Gasteiger partial charge >= 0.3 is 5.97 Å². The van der Waals surface area contributed by atoms with Gasteiger partial charge in [0.15, 0.2) is 0 Å². The van der Waals surface area contributed by atoms with Gasteiger partial charge in [-0.1, -0.05) is 6.42 Å². The fourth-order valence-corrected chi connectivity index (χ4v) is 2.92. The lowest BCUT2D eigenvalue weighted by Gasteiger charge is -2.37. The lowest BCUT2D eigenvalue weighted by atomic mass is 9.97. The monoisotopic (exact) mass is 295 g/mol. The van der Waals surface area contributed by atoms with Crippen LogP contribution in [-0.2, 0) is 11.3 Å². The Morgan fingerprint density at radius 1 is 1.52 bits per heavy atom. The summed E-state index contributed by atoms with van der Waals surface area (Å²) in [7, 11) is 1.31. The number of rotatable bonds is 4. The molecule has 2 rings (SSSR count). The number of halogens is 1. The van der Waals surface area contributed by atoms with Crippen molar-refractivity contribution in [3.8, 4) is 0 Å². The minimum absolute atomic E-state index is 0.0416. The Morgan fingerprint density at radius 3 is 2.95 bits per heavy atom. The molecule has 0 spiro atoms. The van der Waals surface area contributed by atoms with Gasteiger partial charge < -0.3 is 9.84 Å². The molecule has 1 fully saturated rings. The zero-order valence-corrected chi connectivity index (χ0v) is 12.5. The standard InChI is InChI=1S/C16H22FNO3/c1-11(19)15-5-3-4-8-18(15)10-13-9-12(16(20)21-2)6-7-14(13)17/h6-7,9,11,15,19H,3-5,8,10H2,1-2H3. The Bertz CT molecular complexity index is 504. The summed E-state index contributed by atoms with van der Waals surface area (Å²) >= 11 is 0. The first kappa shape index (κ1) is 15.9. The van der Waals surface area contributed by atoms with Crippen molar-refractivity contribution in [3.63, 3.8) is 0 Å². The van der Waals surface area contributed by atoms with E-state index in [1.165, 1.54) is 25.3 Å². The average molecular weight is 295 g/mol. The molecule has 0 aromatic heterocycles. The molecule has 1 aromatic rings. The van der Waals surface area contributed by atoms with Crippen LogP contribution < -0.4 is 0 Å². The number of aliphatic hydroxyl groups excluding tert-OH is 1. The Balaban J connectivity index is 2.19. The first-order valence-corrected chi connectivity index (χ1v) is 7.31. The first-order chi connectivity index (χ1) is 10.0. The summed E-state index contributed by atoms with van der Waals surface area (Å²) in [5.74, 6) is -0.806. The summed E-state index contributed by atoms with van der Waals surface area (Å²) in [5.41, 5.74) is 0.810. The number of methoxy groups -OCH3 is 1. The van der Waals surface area contributed by atoms with E-state index in [2.05, 4.69) is 9.64 Å². The molecule has 21 heavy (non-hydrogen) atoms. The quantitative estimate of drug-likeness (QED) is 0.866. The van der Waals surface area contributed by atoms with Crippen LogP contribution in [0.4, 0.5) is 4.39 Å². The summed E-state index contributed by atoms with van der Waals surface area (Å²) in [6.07, 6.45) is 2.59. The van der Waals surface area contributed by atoms with E-state index in [0.717, 1.165) is 25.8 Å². The van der Waals surface area contributed by atoms with Gasteiger partial charge in [-0.15, -0.1) is 0 Å². The largest absolute Gasteiger partial charge is 0.465 e. The number of aliphatic hydroxyl groups is 1. The molecular formula is C16H22FNO3. The van der Waals surface area contributed by atoms with Crippen LogP contribution in [-0.4, -0.2) is 41.8 Å². The van der Waals surface area contributed by atoms with E-state index in [-0.39, 0.29) is 11.9 Å². The average Bonchev–Trinajstić information content (AvgIpc) is 2.49. The van der Waals surface area contributed by atoms with Crippen molar-refractivity contribution in [2.75, 3.05) is 13.7 Å². The summed E-state index contributed by atoms with van der Waals surface area (Å²) < 4.78 is 18.6. The Morgan fingerprint density at radius 2 is 2.29 bits per heavy atom. The van der Waals surface area contributed by atoms with Crippen LogP contribution in [0.3, 0.4) is 0 Å². The fourth-order valence-electron chi connectivity index (χ4n) is 2.92. The van der Waals surface area contributed by atoms with Crippen LogP contribution in [0.15, 0.2) is 18.2 Å². The highest BCUT2D eigenvalue weighted by atomic mass is 19.1. The van der Waals surface area contributed by atoms with Crippen molar-refractivity contribution in [2.45, 2.75) is 44.9 Å². The number of nitrogens with zero attached hydrogens (tertiary/aromatic N) is 1. The topological polar surface area (TPSA) is 49.8 Å². The van der Waals surface area contributed by atoms with Crippen LogP contribution in [0.2, 0.25) is 0 Å². The second kappa shape index (κ2) is 7.00. The molecule has 1 heterocycles. The van der Waals surface area contributed by atoms with E-state index in [4.69, 9.17) is 0 Å². The predicted molar refractivity (Wildman–Crippen MR) is 77.5 cm³/mol. The number of esters is 1. The number of benzene rings is 1. The molecule has 1 N–H and O–H groups in total. The Kier molecular flexibility index (Phi) is 5.31. The molecule has 0 radical (unpaired) electrons. The molecule has 0 saturated carbocycles. The van der Waals surface area contributed by atoms with Crippen LogP contribution in [0, 0.1) is 5.82 Å². The van der Waals surface area contributed by atoms with E-state index in [1.54, 1.807) is 6.92 Å². The lowest BCUT2D eigenvalue weighted by Crippen LogP contribution is -2.45. The molecule has 4 nitrogen and oxygen atoms in total. The SMILES string of the molecule is COC(=O)c1ccc(F)c(CN2CCCCC2C(C)O)c1. The zero-order chi connectivity index (χ0) is 15.4. The van der Waals surface area contributed by atoms with Gasteiger partial charge in [-0.2, -0.15) is 0 Å². The summed E-state index contributed by atoms with van der Waals surface area (Å²) in [6, 6.07) is 4.30. The van der Waals surface area contributed by atoms with Crippen molar-refractivity contribution in [1.82, 2.24) is 4.90 Å². The Labute approximate surface area is 124 Å². The second-order valence-corrected chi connectivity index (χ2v) is 5.57. The van der Waals surface area contributed by atoms with Crippen molar-refractivity contribution < 1.29 is 19.0 Å². The first-order valence-electron chi connectivity index (χ1n) is 7.31. The molecule has 0 amide bonds. The molecule has 1 aromatic carbocycles. The van der Waals surface area contributed by atoms with E-state index in [1.807, 2.05) is 0 Å². The van der Waals surface area contributed by atoms with E-state index >= 15 is 0 Å². The number of hydrogen-bond acceptors (Lipinski definition) is 4. The third-order valence-corrected chi connectivity index (χ3v) is 4.06. The summed E-state index contributed by atoms with van der Waals surface area (Å²) in [4.78, 5) is 13.6. The summed E-state index contributed by atoms with van der Waals surface area (Å²) in [5, 5.41) is 9.87. The molecule has 1 aliphatic heterocycles. The molecule has 2 unspecified atom stereocenters. The predicted octanol–water partition coefficient (Wildman–Crippen LogP) is 2.35. The number of hydrogen-bond donors (Lipinski definition) is 1. The van der Waals surface area contributed by atoms with Gasteiger partial charge in [0.25, 0.3) is 0 Å². The molecule has 0 bridgehead atoms. The maximum absolute atomic E-state index is 14.0. The molecule has 116 valence electrons. The van der Waals surface area contributed by atoms with Crippen LogP contribution in [0.5, 0.6) is 0 Å². The van der Waals surface area contributed by atoms with E-state index in [0.29, 0.717) is 17.7 Å². The van der Waals surface area contributed by atoms with Crippen molar-refractivity contribution >= 4 is 5.97 Å². The second-order valence-electron chi connectivity index (χ2n) is 5.57. The number of carbonyl (C=O) groups is 1. The smallest absolute Gasteiger partial charge is 0.337 e. The van der Waals surface area contributed by atoms with Crippen molar-refractivity contribution in [2.24, 2.45) is 0 Å². The van der Waals surface area contributed by atoms with Crippen LogP contribution in [0.1, 0.15) is 42.1 Å². The van der Waals surface area contributed by atoms with Gasteiger partial charge in [0.1, 0.15) is 5.82 Å². The van der Waals surface area contributed by atoms with Gasteiger partial charge in [-0.25, -0.2) is 9.18 Å². The number of piperidine rings is 1. The van der Waals surface area contributed by atoms with Gasteiger partial charge in [-0.05, 0) is 44.5 Å². The molecular weight excluding hydrogens is 273 g/mol. The number of likely N-dealkylation sites (tertiary alicyclic amines) is 1. The van der Waals surface area contributed by atoms with Crippen LogP contribution >= 0.6 is 0 Å². The molecule has 1 saturated heterocycles. The third-order valence-electron chi connectivity index (χ3n) is 4.06. The lowest BCUT2D eigenvalue weighted by molar-refractivity contribution is 0.0310. The fraction of sp³-hybridized carbons (Fsp3) is 0.562. The van der Waals surface area contributed by atoms with Gasteiger partial charge in [0.2, 0.25) is 0 Å². The van der Waals surface area contributed by atoms with Crippen LogP contribution in [0.25, 0.3) is 0 Å². The minimum Gasteiger partial charge on any atom is -0.465 e. The normalized spacial score (nSPS) is 21.0. The maximum Gasteiger partial charge on any atom is 0.337 e. The van der Waals surface area contributed by atoms with Gasteiger partial charge in [-0.3, -0.25) is 4.90 Å². The molecule has 2 atom stereocenters. The Hall–Kier alpha value is -1.46. The maximum atomic E-state index is 14.0. The number of carbonyl (C=O) groups excluding carboxylic acids is 1. The van der Waals surface area contributed by atoms with Gasteiger partial charge in [0.05, 0.1) is 18.8 Å². The highest BCUT2D eigenvalue weighted by molar-refractivity contribution is 5.89. The van der Waals surface area contributed by atoms with E-state index < -0.39 is 12.1 Å². The molecule has 1 aliphatic rings. The van der Waals surface area contributed by atoms with Crippen molar-refractivity contribution in [3.05, 3.63) is 35.1 Å². The molecule has 0 aliphatic carbocycles. The third kappa shape index (κ3) is 3.80. The minimum atomic E-state index is -0.470. The van der Waals surface area contributed by atoms with Gasteiger partial charge in [0, 0.05) is 18.2 Å². The zero-order valence-electron chi connectivity index (χ0n) is 12.5. The van der Waals surface area contributed by atoms with E-state index in [9.17, 15) is 14.3 Å². The highest BCUT2D eigenvalue weighted by Crippen LogP contribution is 2.23. The molecule has 5 heteroatoms.